The van der Waals surface area contributed by atoms with Gasteiger partial charge in [0.15, 0.2) is 5.78 Å². The summed E-state index contributed by atoms with van der Waals surface area (Å²) >= 11 is 0. The summed E-state index contributed by atoms with van der Waals surface area (Å²) in [6.07, 6.45) is 0.714. The molecule has 1 aromatic carbocycles. The number of ketones is 1. The average Bonchev–Trinajstić information content (AvgIpc) is 2.39. The van der Waals surface area contributed by atoms with Crippen molar-refractivity contribution in [2.75, 3.05) is 19.0 Å². The van der Waals surface area contributed by atoms with Crippen molar-refractivity contribution in [1.29, 1.82) is 0 Å². The molecule has 98 valence electrons. The van der Waals surface area contributed by atoms with E-state index in [1.165, 1.54) is 14.0 Å². The van der Waals surface area contributed by atoms with Gasteiger partial charge in [-0.25, -0.2) is 0 Å². The molecule has 0 aliphatic rings. The number of methoxy groups -OCH3 is 1. The van der Waals surface area contributed by atoms with Gasteiger partial charge in [0, 0.05) is 17.8 Å². The molecule has 18 heavy (non-hydrogen) atoms. The molecule has 0 aromatic heterocycles. The van der Waals surface area contributed by atoms with Gasteiger partial charge in [-0.1, -0.05) is 19.1 Å². The molecule has 0 spiro atoms. The van der Waals surface area contributed by atoms with E-state index in [1.807, 2.05) is 19.1 Å². The second kappa shape index (κ2) is 6.79. The molecule has 0 fully saturated rings. The highest BCUT2D eigenvalue weighted by atomic mass is 16.5. The number of Topliss-reactive ketones (excluding diaryl/α,β-unsaturated/α-hetero) is 1. The average molecular weight is 249 g/mol. The van der Waals surface area contributed by atoms with Gasteiger partial charge in [0.25, 0.3) is 0 Å². The molecule has 0 saturated heterocycles. The molecule has 0 heterocycles. The summed E-state index contributed by atoms with van der Waals surface area (Å²) in [5, 5.41) is 3.15. The quantitative estimate of drug-likeness (QED) is 0.621. The van der Waals surface area contributed by atoms with Crippen LogP contribution in [0.5, 0.6) is 0 Å². The summed E-state index contributed by atoms with van der Waals surface area (Å²) in [6, 6.07) is 7.24. The Morgan fingerprint density at radius 2 is 2.11 bits per heavy atom. The van der Waals surface area contributed by atoms with Gasteiger partial charge in [-0.05, 0) is 25.5 Å². The van der Waals surface area contributed by atoms with Crippen LogP contribution in [0, 0.1) is 5.92 Å². The molecule has 0 bridgehead atoms. The zero-order valence-electron chi connectivity index (χ0n) is 11.0. The van der Waals surface area contributed by atoms with E-state index < -0.39 is 0 Å². The summed E-state index contributed by atoms with van der Waals surface area (Å²) in [5.41, 5.74) is 1.50. The van der Waals surface area contributed by atoms with Gasteiger partial charge in [0.05, 0.1) is 13.0 Å². The van der Waals surface area contributed by atoms with Gasteiger partial charge < -0.3 is 10.1 Å². The molecule has 1 atom stereocenters. The number of hydrogen-bond donors (Lipinski definition) is 1. The first-order chi connectivity index (χ1) is 8.58. The molecule has 4 heteroatoms. The molecule has 4 nitrogen and oxygen atoms in total. The van der Waals surface area contributed by atoms with Crippen molar-refractivity contribution in [3.8, 4) is 0 Å². The predicted octanol–water partition coefficient (Wildman–Crippen LogP) is 2.50. The molecule has 0 aliphatic carbocycles. The van der Waals surface area contributed by atoms with Crippen LogP contribution in [-0.2, 0) is 9.53 Å². The zero-order valence-corrected chi connectivity index (χ0v) is 11.0. The molecular weight excluding hydrogens is 230 g/mol. The van der Waals surface area contributed by atoms with Gasteiger partial charge in [-0.15, -0.1) is 0 Å². The van der Waals surface area contributed by atoms with Crippen LogP contribution in [0.1, 0.15) is 30.6 Å². The Hall–Kier alpha value is -1.84. The largest absolute Gasteiger partial charge is 0.469 e. The number of anilines is 1. The first kappa shape index (κ1) is 14.2. The maximum atomic E-state index is 11.4. The zero-order chi connectivity index (χ0) is 13.5. The summed E-state index contributed by atoms with van der Waals surface area (Å²) in [7, 11) is 1.39. The van der Waals surface area contributed by atoms with E-state index in [4.69, 9.17) is 4.74 Å². The number of rotatable bonds is 6. The van der Waals surface area contributed by atoms with Crippen LogP contribution in [0.4, 0.5) is 5.69 Å². The minimum atomic E-state index is -0.215. The first-order valence-electron chi connectivity index (χ1n) is 6.01. The van der Waals surface area contributed by atoms with Crippen molar-refractivity contribution in [1.82, 2.24) is 0 Å². The van der Waals surface area contributed by atoms with E-state index in [2.05, 4.69) is 5.32 Å². The SMILES string of the molecule is CCC(CNc1cccc(C(C)=O)c1)C(=O)OC. The Labute approximate surface area is 107 Å². The predicted molar refractivity (Wildman–Crippen MR) is 70.7 cm³/mol. The molecule has 1 unspecified atom stereocenters. The third-order valence-electron chi connectivity index (χ3n) is 2.85. The lowest BCUT2D eigenvalue weighted by atomic mass is 10.1. The Morgan fingerprint density at radius 1 is 1.39 bits per heavy atom. The smallest absolute Gasteiger partial charge is 0.310 e. The molecular formula is C14H19NO3. The Kier molecular flexibility index (Phi) is 5.36. The van der Waals surface area contributed by atoms with Gasteiger partial charge in [0.2, 0.25) is 0 Å². The molecule has 1 aromatic rings. The van der Waals surface area contributed by atoms with Crippen LogP contribution in [-0.4, -0.2) is 25.4 Å². The number of nitrogens with one attached hydrogen (secondary N) is 1. The molecule has 1 rings (SSSR count). The van der Waals surface area contributed by atoms with Crippen LogP contribution in [0.15, 0.2) is 24.3 Å². The van der Waals surface area contributed by atoms with Gasteiger partial charge in [-0.2, -0.15) is 0 Å². The van der Waals surface area contributed by atoms with Crippen LogP contribution < -0.4 is 5.32 Å². The van der Waals surface area contributed by atoms with Crippen LogP contribution >= 0.6 is 0 Å². The third kappa shape index (κ3) is 3.87. The maximum absolute atomic E-state index is 11.4. The van der Waals surface area contributed by atoms with Crippen LogP contribution in [0.3, 0.4) is 0 Å². The minimum absolute atomic E-state index is 0.0265. The number of carbonyl (C=O) groups is 2. The highest BCUT2D eigenvalue weighted by molar-refractivity contribution is 5.94. The fourth-order valence-corrected chi connectivity index (χ4v) is 1.65. The van der Waals surface area contributed by atoms with Crippen molar-refractivity contribution >= 4 is 17.4 Å². The van der Waals surface area contributed by atoms with Crippen molar-refractivity contribution in [3.63, 3.8) is 0 Å². The lowest BCUT2D eigenvalue weighted by Gasteiger charge is -2.14. The Morgan fingerprint density at radius 3 is 2.67 bits per heavy atom. The molecule has 0 saturated carbocycles. The number of ether oxygens (including phenoxy) is 1. The molecule has 0 aliphatic heterocycles. The minimum Gasteiger partial charge on any atom is -0.469 e. The number of hydrogen-bond acceptors (Lipinski definition) is 4. The second-order valence-corrected chi connectivity index (χ2v) is 4.15. The van der Waals surface area contributed by atoms with Crippen molar-refractivity contribution in [2.45, 2.75) is 20.3 Å². The number of esters is 1. The van der Waals surface area contributed by atoms with Crippen molar-refractivity contribution in [3.05, 3.63) is 29.8 Å². The summed E-state index contributed by atoms with van der Waals surface area (Å²) in [4.78, 5) is 22.7. The van der Waals surface area contributed by atoms with E-state index in [9.17, 15) is 9.59 Å². The van der Waals surface area contributed by atoms with E-state index >= 15 is 0 Å². The fraction of sp³-hybridized carbons (Fsp3) is 0.429. The Balaban J connectivity index is 2.65. The first-order valence-corrected chi connectivity index (χ1v) is 6.01. The fourth-order valence-electron chi connectivity index (χ4n) is 1.65. The summed E-state index contributed by atoms with van der Waals surface area (Å²) in [5.74, 6) is -0.359. The third-order valence-corrected chi connectivity index (χ3v) is 2.85. The molecule has 0 radical (unpaired) electrons. The van der Waals surface area contributed by atoms with Gasteiger partial charge in [-0.3, -0.25) is 9.59 Å². The van der Waals surface area contributed by atoms with Crippen LogP contribution in [0.25, 0.3) is 0 Å². The summed E-state index contributed by atoms with van der Waals surface area (Å²) < 4.78 is 4.72. The Bertz CT molecular complexity index is 429. The van der Waals surface area contributed by atoms with Gasteiger partial charge >= 0.3 is 5.97 Å². The lowest BCUT2D eigenvalue weighted by molar-refractivity contribution is -0.145. The highest BCUT2D eigenvalue weighted by Gasteiger charge is 2.16. The summed E-state index contributed by atoms with van der Waals surface area (Å²) in [6.45, 7) is 3.97. The standard InChI is InChI=1S/C14H19NO3/c1-4-11(14(17)18-3)9-15-13-7-5-6-12(8-13)10(2)16/h5-8,11,15H,4,9H2,1-3H3. The van der Waals surface area contributed by atoms with Crippen molar-refractivity contribution in [2.24, 2.45) is 5.92 Å². The number of carbonyl (C=O) groups excluding carboxylic acids is 2. The number of benzene rings is 1. The normalized spacial score (nSPS) is 11.7. The van der Waals surface area contributed by atoms with E-state index in [0.29, 0.717) is 18.5 Å². The second-order valence-electron chi connectivity index (χ2n) is 4.15. The molecule has 0 amide bonds. The monoisotopic (exact) mass is 249 g/mol. The van der Waals surface area contributed by atoms with E-state index in [-0.39, 0.29) is 17.7 Å². The van der Waals surface area contributed by atoms with Gasteiger partial charge in [0.1, 0.15) is 0 Å². The topological polar surface area (TPSA) is 55.4 Å². The van der Waals surface area contributed by atoms with E-state index in [0.717, 1.165) is 5.69 Å². The highest BCUT2D eigenvalue weighted by Crippen LogP contribution is 2.13. The maximum Gasteiger partial charge on any atom is 0.310 e. The van der Waals surface area contributed by atoms with Crippen molar-refractivity contribution < 1.29 is 14.3 Å². The molecule has 1 N–H and O–H groups in total. The lowest BCUT2D eigenvalue weighted by Crippen LogP contribution is -2.23. The van der Waals surface area contributed by atoms with Crippen LogP contribution in [0.2, 0.25) is 0 Å². The van der Waals surface area contributed by atoms with E-state index in [1.54, 1.807) is 12.1 Å².